The molecule has 63 heavy (non-hydrogen) atoms. The highest BCUT2D eigenvalue weighted by Gasteiger charge is 2.44. The van der Waals surface area contributed by atoms with Crippen LogP contribution in [0.2, 0.25) is 0 Å². The predicted octanol–water partition coefficient (Wildman–Crippen LogP) is 14.0. The first-order chi connectivity index (χ1) is 31.3. The van der Waals surface area contributed by atoms with Crippen LogP contribution < -0.4 is 31.1 Å². The highest BCUT2D eigenvalue weighted by molar-refractivity contribution is 7.00. The van der Waals surface area contributed by atoms with Crippen LogP contribution in [0.1, 0.15) is 0 Å². The van der Waals surface area contributed by atoms with Gasteiger partial charge in [-0.2, -0.15) is 0 Å². The van der Waals surface area contributed by atoms with Crippen LogP contribution in [-0.4, -0.2) is 6.71 Å². The molecule has 2 aliphatic rings. The molecule has 5 heteroatoms. The summed E-state index contributed by atoms with van der Waals surface area (Å²) in [6.07, 6.45) is 0. The van der Waals surface area contributed by atoms with Crippen molar-refractivity contribution in [2.75, 3.05) is 14.7 Å². The Hall–Kier alpha value is -8.28. The van der Waals surface area contributed by atoms with E-state index in [9.17, 15) is 0 Å². The Kier molecular flexibility index (Phi) is 7.97. The van der Waals surface area contributed by atoms with E-state index in [0.717, 1.165) is 78.3 Å². The fourth-order valence-corrected chi connectivity index (χ4v) is 10.3. The molecule has 0 saturated heterocycles. The molecule has 0 bridgehead atoms. The Morgan fingerprint density at radius 1 is 0.397 bits per heavy atom. The first-order valence-corrected chi connectivity index (χ1v) is 21.6. The fourth-order valence-electron chi connectivity index (χ4n) is 10.3. The summed E-state index contributed by atoms with van der Waals surface area (Å²) in [6, 6.07) is 83.6. The first-order valence-electron chi connectivity index (χ1n) is 21.6. The lowest BCUT2D eigenvalue weighted by Crippen LogP contribution is -2.61. The molecule has 2 aliphatic heterocycles. The number of rotatable bonds is 6. The monoisotopic (exact) mass is 803 g/mol. The van der Waals surface area contributed by atoms with Gasteiger partial charge in [-0.15, -0.1) is 0 Å². The second-order valence-corrected chi connectivity index (χ2v) is 16.5. The first kappa shape index (κ1) is 35.5. The van der Waals surface area contributed by atoms with Crippen LogP contribution in [0, 0.1) is 0 Å². The van der Waals surface area contributed by atoms with Crippen molar-refractivity contribution in [3.63, 3.8) is 0 Å². The number of anilines is 9. The average molecular weight is 804 g/mol. The molecule has 13 rings (SSSR count). The molecule has 0 aliphatic carbocycles. The molecule has 294 valence electrons. The number of hydrogen-bond acceptors (Lipinski definition) is 4. The minimum Gasteiger partial charge on any atom is -0.454 e. The summed E-state index contributed by atoms with van der Waals surface area (Å²) in [6.45, 7) is 0.00387. The Balaban J connectivity index is 1.19. The molecule has 11 aromatic rings. The molecule has 0 atom stereocenters. The summed E-state index contributed by atoms with van der Waals surface area (Å²) in [5.41, 5.74) is 17.7. The summed E-state index contributed by atoms with van der Waals surface area (Å²) in [7, 11) is 0. The lowest BCUT2D eigenvalue weighted by molar-refractivity contribution is 0.669. The normalized spacial score (nSPS) is 12.7. The van der Waals surface area contributed by atoms with Crippen LogP contribution in [0.4, 0.5) is 51.2 Å². The Labute approximate surface area is 366 Å². The van der Waals surface area contributed by atoms with E-state index in [1.165, 1.54) is 33.1 Å². The van der Waals surface area contributed by atoms with Gasteiger partial charge >= 0.3 is 0 Å². The second-order valence-electron chi connectivity index (χ2n) is 16.5. The van der Waals surface area contributed by atoms with E-state index in [1.54, 1.807) is 0 Å². The van der Waals surface area contributed by atoms with Crippen molar-refractivity contribution in [2.45, 2.75) is 0 Å². The van der Waals surface area contributed by atoms with Crippen molar-refractivity contribution in [3.8, 4) is 11.1 Å². The lowest BCUT2D eigenvalue weighted by atomic mass is 9.33. The van der Waals surface area contributed by atoms with E-state index in [-0.39, 0.29) is 6.71 Å². The molecule has 0 radical (unpaired) electrons. The average Bonchev–Trinajstić information content (AvgIpc) is 3.74. The zero-order chi connectivity index (χ0) is 41.4. The van der Waals surface area contributed by atoms with E-state index >= 15 is 0 Å². The van der Waals surface area contributed by atoms with Crippen molar-refractivity contribution in [3.05, 3.63) is 231 Å². The molecule has 0 saturated carbocycles. The Morgan fingerprint density at radius 2 is 0.921 bits per heavy atom. The minimum absolute atomic E-state index is 0.00387. The lowest BCUT2D eigenvalue weighted by Gasteiger charge is -2.45. The fraction of sp³-hybridized carbons (Fsp3) is 0. The van der Waals surface area contributed by atoms with Gasteiger partial charge in [0.25, 0.3) is 6.71 Å². The summed E-state index contributed by atoms with van der Waals surface area (Å²) in [4.78, 5) is 7.41. The maximum atomic E-state index is 6.95. The van der Waals surface area contributed by atoms with E-state index in [2.05, 4.69) is 245 Å². The summed E-state index contributed by atoms with van der Waals surface area (Å²) < 4.78 is 6.95. The van der Waals surface area contributed by atoms with Gasteiger partial charge in [0, 0.05) is 50.5 Å². The van der Waals surface area contributed by atoms with Crippen LogP contribution in [0.25, 0.3) is 43.8 Å². The molecule has 0 fully saturated rings. The van der Waals surface area contributed by atoms with Gasteiger partial charge in [-0.3, -0.25) is 0 Å². The van der Waals surface area contributed by atoms with Gasteiger partial charge in [-0.25, -0.2) is 0 Å². The number of para-hydroxylation sites is 6. The minimum atomic E-state index is 0.00387. The summed E-state index contributed by atoms with van der Waals surface area (Å²) in [5, 5.41) is 4.52. The van der Waals surface area contributed by atoms with Crippen LogP contribution in [0.15, 0.2) is 235 Å². The number of benzene rings is 10. The molecule has 0 unspecified atom stereocenters. The van der Waals surface area contributed by atoms with Crippen LogP contribution >= 0.6 is 0 Å². The van der Waals surface area contributed by atoms with Crippen LogP contribution in [-0.2, 0) is 0 Å². The van der Waals surface area contributed by atoms with Crippen molar-refractivity contribution in [1.29, 1.82) is 0 Å². The molecule has 0 spiro atoms. The zero-order valence-electron chi connectivity index (χ0n) is 34.3. The van der Waals surface area contributed by atoms with Gasteiger partial charge in [-0.1, -0.05) is 158 Å². The maximum absolute atomic E-state index is 6.95. The van der Waals surface area contributed by atoms with Crippen molar-refractivity contribution in [2.24, 2.45) is 0 Å². The molecular weight excluding hydrogens is 765 g/mol. The van der Waals surface area contributed by atoms with Crippen molar-refractivity contribution < 1.29 is 4.42 Å². The molecule has 0 amide bonds. The van der Waals surface area contributed by atoms with Gasteiger partial charge in [-0.05, 0) is 106 Å². The van der Waals surface area contributed by atoms with Gasteiger partial charge in [0.2, 0.25) is 0 Å². The molecule has 10 aromatic carbocycles. The largest absolute Gasteiger partial charge is 0.454 e. The van der Waals surface area contributed by atoms with Gasteiger partial charge < -0.3 is 19.1 Å². The quantitative estimate of drug-likeness (QED) is 0.156. The van der Waals surface area contributed by atoms with Crippen molar-refractivity contribution in [1.82, 2.24) is 0 Å². The Morgan fingerprint density at radius 3 is 1.57 bits per heavy atom. The number of fused-ring (bicyclic) bond motifs is 8. The van der Waals surface area contributed by atoms with E-state index < -0.39 is 0 Å². The molecule has 4 nitrogen and oxygen atoms in total. The maximum Gasteiger partial charge on any atom is 0.252 e. The highest BCUT2D eigenvalue weighted by atomic mass is 16.3. The predicted molar refractivity (Wildman–Crippen MR) is 265 cm³/mol. The Bertz CT molecular complexity index is 3440. The number of hydrogen-bond donors (Lipinski definition) is 0. The number of furan rings is 1. The van der Waals surface area contributed by atoms with E-state index in [0.29, 0.717) is 0 Å². The molecule has 1 aromatic heterocycles. The van der Waals surface area contributed by atoms with Crippen LogP contribution in [0.5, 0.6) is 0 Å². The zero-order valence-corrected chi connectivity index (χ0v) is 34.3. The second kappa shape index (κ2) is 14.2. The summed E-state index contributed by atoms with van der Waals surface area (Å²) in [5.74, 6) is 0. The topological polar surface area (TPSA) is 22.9 Å². The van der Waals surface area contributed by atoms with Crippen LogP contribution in [0.3, 0.4) is 0 Å². The standard InChI is InChI=1S/C58H38BN3O/c1-4-19-39(20-5-1)47-35-40-21-10-11-22-41(40)36-53(47)62(52-33-18-28-46-45-27-12-17-34-56(45)63-58(46)52)44-37-54-57-55(38-44)61(43-25-8-3-9-26-43)51-32-16-14-30-49(51)59(57)48-29-13-15-31-50(48)60(54)42-23-6-2-7-24-42/h1-38H. The number of nitrogens with zero attached hydrogens (tertiary/aromatic N) is 3. The SMILES string of the molecule is c1ccc(-c2cc3ccccc3cc2N(c2cc3c4c(c2)N(c2ccccc2)c2ccccc2B4c2ccccc2N3c2ccccc2)c2cccc3c2oc2ccccc23)cc1. The molecular formula is C58H38BN3O. The van der Waals surface area contributed by atoms with Gasteiger partial charge in [0.05, 0.1) is 17.1 Å². The third-order valence-corrected chi connectivity index (χ3v) is 13.0. The smallest absolute Gasteiger partial charge is 0.252 e. The van der Waals surface area contributed by atoms with E-state index in [4.69, 9.17) is 4.42 Å². The van der Waals surface area contributed by atoms with Gasteiger partial charge in [0.15, 0.2) is 5.58 Å². The van der Waals surface area contributed by atoms with Crippen molar-refractivity contribution >= 4 is 107 Å². The third kappa shape index (κ3) is 5.50. The molecule has 3 heterocycles. The molecule has 0 N–H and O–H groups in total. The van der Waals surface area contributed by atoms with Gasteiger partial charge in [0.1, 0.15) is 5.58 Å². The summed E-state index contributed by atoms with van der Waals surface area (Å²) >= 11 is 0. The van der Waals surface area contributed by atoms with E-state index in [1.807, 2.05) is 0 Å². The highest BCUT2D eigenvalue weighted by Crippen LogP contribution is 2.51. The third-order valence-electron chi connectivity index (χ3n) is 13.0.